The third-order valence-corrected chi connectivity index (χ3v) is 3.20. The summed E-state index contributed by atoms with van der Waals surface area (Å²) in [6, 6.07) is 10.7. The fourth-order valence-electron chi connectivity index (χ4n) is 2.21. The smallest absolute Gasteiger partial charge is 0.00448 e. The predicted octanol–water partition coefficient (Wildman–Crippen LogP) is 3.13. The van der Waals surface area contributed by atoms with Crippen LogP contribution in [0.25, 0.3) is 0 Å². The molecule has 0 radical (unpaired) electrons. The maximum absolute atomic E-state index is 5.77. The Bertz CT molecular complexity index is 325. The van der Waals surface area contributed by atoms with Crippen molar-refractivity contribution in [1.82, 2.24) is 4.90 Å². The second-order valence-electron chi connectivity index (χ2n) is 5.88. The van der Waals surface area contributed by atoms with Crippen LogP contribution in [0.2, 0.25) is 0 Å². The highest BCUT2D eigenvalue weighted by Crippen LogP contribution is 2.19. The molecule has 0 aliphatic carbocycles. The fraction of sp³-hybridized carbons (Fsp3) is 0.600. The van der Waals surface area contributed by atoms with Gasteiger partial charge < -0.3 is 10.6 Å². The molecule has 1 unspecified atom stereocenters. The van der Waals surface area contributed by atoms with Crippen molar-refractivity contribution in [1.29, 1.82) is 0 Å². The van der Waals surface area contributed by atoms with Crippen molar-refractivity contribution in [2.24, 2.45) is 11.1 Å². The van der Waals surface area contributed by atoms with Gasteiger partial charge in [-0.15, -0.1) is 12.4 Å². The van der Waals surface area contributed by atoms with Crippen molar-refractivity contribution in [3.05, 3.63) is 35.9 Å². The van der Waals surface area contributed by atoms with Gasteiger partial charge in [0.1, 0.15) is 0 Å². The molecule has 0 heterocycles. The Balaban J connectivity index is 0.00000289. The molecule has 0 amide bonds. The normalized spacial score (nSPS) is 13.2. The van der Waals surface area contributed by atoms with Gasteiger partial charge in [0.05, 0.1) is 0 Å². The van der Waals surface area contributed by atoms with E-state index in [4.69, 9.17) is 5.73 Å². The first-order chi connectivity index (χ1) is 7.94. The second kappa shape index (κ2) is 7.78. The summed E-state index contributed by atoms with van der Waals surface area (Å²) in [6.07, 6.45) is 0. The van der Waals surface area contributed by atoms with E-state index in [2.05, 4.69) is 63.1 Å². The van der Waals surface area contributed by atoms with Gasteiger partial charge in [-0.1, -0.05) is 51.1 Å². The number of benzene rings is 1. The van der Waals surface area contributed by atoms with Gasteiger partial charge in [0.2, 0.25) is 0 Å². The van der Waals surface area contributed by atoms with Gasteiger partial charge in [0.25, 0.3) is 0 Å². The third-order valence-electron chi connectivity index (χ3n) is 3.20. The summed E-state index contributed by atoms with van der Waals surface area (Å²) in [6.45, 7) is 9.57. The quantitative estimate of drug-likeness (QED) is 0.861. The van der Waals surface area contributed by atoms with Crippen LogP contribution in [-0.4, -0.2) is 31.6 Å². The summed E-state index contributed by atoms with van der Waals surface area (Å²) >= 11 is 0. The summed E-state index contributed by atoms with van der Waals surface area (Å²) in [5.74, 6) is 0.565. The minimum atomic E-state index is 0. The van der Waals surface area contributed by atoms with Crippen LogP contribution in [0.4, 0.5) is 0 Å². The van der Waals surface area contributed by atoms with E-state index in [1.807, 2.05) is 0 Å². The molecule has 104 valence electrons. The molecule has 0 bridgehead atoms. The van der Waals surface area contributed by atoms with Gasteiger partial charge in [-0.2, -0.15) is 0 Å². The van der Waals surface area contributed by atoms with Crippen molar-refractivity contribution < 1.29 is 0 Å². The van der Waals surface area contributed by atoms with Crippen LogP contribution in [0.15, 0.2) is 30.3 Å². The van der Waals surface area contributed by atoms with Crippen LogP contribution in [0.5, 0.6) is 0 Å². The lowest BCUT2D eigenvalue weighted by molar-refractivity contribution is 0.209. The SMILES string of the molecule is CC(CN(C)CC(C)(C)CN)c1ccccc1.Cl. The first-order valence-corrected chi connectivity index (χ1v) is 6.38. The number of hydrogen-bond donors (Lipinski definition) is 1. The van der Waals surface area contributed by atoms with E-state index in [1.165, 1.54) is 5.56 Å². The number of nitrogens with zero attached hydrogens (tertiary/aromatic N) is 1. The van der Waals surface area contributed by atoms with Crippen molar-refractivity contribution in [2.45, 2.75) is 26.7 Å². The maximum atomic E-state index is 5.77. The molecule has 0 aliphatic rings. The lowest BCUT2D eigenvalue weighted by Crippen LogP contribution is -2.38. The van der Waals surface area contributed by atoms with Crippen LogP contribution in [-0.2, 0) is 0 Å². The third kappa shape index (κ3) is 5.85. The highest BCUT2D eigenvalue weighted by Gasteiger charge is 2.19. The second-order valence-corrected chi connectivity index (χ2v) is 5.88. The van der Waals surface area contributed by atoms with Crippen molar-refractivity contribution in [3.8, 4) is 0 Å². The highest BCUT2D eigenvalue weighted by molar-refractivity contribution is 5.85. The Morgan fingerprint density at radius 3 is 2.28 bits per heavy atom. The van der Waals surface area contributed by atoms with Crippen LogP contribution in [0.3, 0.4) is 0 Å². The molecule has 18 heavy (non-hydrogen) atoms. The molecule has 1 aromatic carbocycles. The average Bonchev–Trinajstić information content (AvgIpc) is 2.29. The van der Waals surface area contributed by atoms with Gasteiger partial charge in [-0.05, 0) is 30.5 Å². The van der Waals surface area contributed by atoms with Crippen molar-refractivity contribution in [2.75, 3.05) is 26.7 Å². The molecule has 1 atom stereocenters. The lowest BCUT2D eigenvalue weighted by atomic mass is 9.92. The Kier molecular flexibility index (Phi) is 7.53. The molecule has 1 rings (SSSR count). The largest absolute Gasteiger partial charge is 0.330 e. The Morgan fingerprint density at radius 2 is 1.78 bits per heavy atom. The summed E-state index contributed by atoms with van der Waals surface area (Å²) < 4.78 is 0. The lowest BCUT2D eigenvalue weighted by Gasteiger charge is -2.30. The molecule has 0 fully saturated rings. The number of nitrogens with two attached hydrogens (primary N) is 1. The Labute approximate surface area is 118 Å². The van der Waals surface area contributed by atoms with Gasteiger partial charge in [0, 0.05) is 13.1 Å². The van der Waals surface area contributed by atoms with Crippen molar-refractivity contribution >= 4 is 12.4 Å². The van der Waals surface area contributed by atoms with Gasteiger partial charge in [0.15, 0.2) is 0 Å². The van der Waals surface area contributed by atoms with E-state index in [9.17, 15) is 0 Å². The molecule has 2 N–H and O–H groups in total. The first-order valence-electron chi connectivity index (χ1n) is 6.38. The van der Waals surface area contributed by atoms with Crippen LogP contribution in [0.1, 0.15) is 32.3 Å². The highest BCUT2D eigenvalue weighted by atomic mass is 35.5. The molecule has 0 saturated carbocycles. The fourth-order valence-corrected chi connectivity index (χ4v) is 2.21. The van der Waals surface area contributed by atoms with E-state index in [1.54, 1.807) is 0 Å². The van der Waals surface area contributed by atoms with Gasteiger partial charge >= 0.3 is 0 Å². The predicted molar refractivity (Wildman–Crippen MR) is 82.4 cm³/mol. The summed E-state index contributed by atoms with van der Waals surface area (Å²) in [4.78, 5) is 2.38. The van der Waals surface area contributed by atoms with Gasteiger partial charge in [-0.3, -0.25) is 0 Å². The molecule has 2 nitrogen and oxygen atoms in total. The number of halogens is 1. The molecule has 0 aromatic heterocycles. The molecular weight excluding hydrogens is 244 g/mol. The Hall–Kier alpha value is -0.570. The van der Waals surface area contributed by atoms with Crippen LogP contribution >= 0.6 is 12.4 Å². The first kappa shape index (κ1) is 17.4. The van der Waals surface area contributed by atoms with E-state index < -0.39 is 0 Å². The van der Waals surface area contributed by atoms with Crippen LogP contribution < -0.4 is 5.73 Å². The zero-order chi connectivity index (χ0) is 12.9. The Morgan fingerprint density at radius 1 is 1.22 bits per heavy atom. The van der Waals surface area contributed by atoms with E-state index in [0.29, 0.717) is 5.92 Å². The van der Waals surface area contributed by atoms with Gasteiger partial charge in [-0.25, -0.2) is 0 Å². The standard InChI is InChI=1S/C15H26N2.ClH/c1-13(14-8-6-5-7-9-14)10-17(4)12-15(2,3)11-16;/h5-9,13H,10-12,16H2,1-4H3;1H. The topological polar surface area (TPSA) is 29.3 Å². The van der Waals surface area contributed by atoms with E-state index >= 15 is 0 Å². The minimum absolute atomic E-state index is 0. The van der Waals surface area contributed by atoms with Crippen molar-refractivity contribution in [3.63, 3.8) is 0 Å². The molecule has 0 spiro atoms. The number of rotatable bonds is 6. The van der Waals surface area contributed by atoms with E-state index in [-0.39, 0.29) is 17.8 Å². The number of hydrogen-bond acceptors (Lipinski definition) is 2. The molecule has 3 heteroatoms. The average molecular weight is 271 g/mol. The monoisotopic (exact) mass is 270 g/mol. The zero-order valence-corrected chi connectivity index (χ0v) is 12.8. The molecular formula is C15H27ClN2. The zero-order valence-electron chi connectivity index (χ0n) is 12.0. The molecule has 0 aliphatic heterocycles. The maximum Gasteiger partial charge on any atom is 0.00448 e. The van der Waals surface area contributed by atoms with E-state index in [0.717, 1.165) is 19.6 Å². The summed E-state index contributed by atoms with van der Waals surface area (Å²) in [7, 11) is 2.18. The number of likely N-dealkylation sites (N-methyl/N-ethyl adjacent to an activating group) is 1. The molecule has 1 aromatic rings. The molecule has 0 saturated heterocycles. The summed E-state index contributed by atoms with van der Waals surface area (Å²) in [5, 5.41) is 0. The van der Waals surface area contributed by atoms with Crippen LogP contribution in [0, 0.1) is 5.41 Å². The minimum Gasteiger partial charge on any atom is -0.330 e. The summed E-state index contributed by atoms with van der Waals surface area (Å²) in [5.41, 5.74) is 7.38.